The van der Waals surface area contributed by atoms with Crippen LogP contribution in [0, 0.1) is 5.82 Å². The molecular formula is C18H20FN3O2. The number of carbonyl (C=O) groups excluding carboxylic acids is 2. The van der Waals surface area contributed by atoms with Crippen LogP contribution in [0.4, 0.5) is 4.39 Å². The highest BCUT2D eigenvalue weighted by molar-refractivity contribution is 5.83. The van der Waals surface area contributed by atoms with Crippen molar-refractivity contribution in [1.29, 1.82) is 0 Å². The Bertz CT molecular complexity index is 692. The molecule has 0 radical (unpaired) electrons. The van der Waals surface area contributed by atoms with Gasteiger partial charge in [0.2, 0.25) is 11.8 Å². The zero-order chi connectivity index (χ0) is 17.4. The van der Waals surface area contributed by atoms with Gasteiger partial charge in [-0.2, -0.15) is 0 Å². The average molecular weight is 329 g/mol. The molecule has 5 nitrogen and oxygen atoms in total. The fraction of sp³-hybridized carbons (Fsp3) is 0.278. The maximum Gasteiger partial charge on any atom is 0.239 e. The molecule has 2 aromatic rings. The van der Waals surface area contributed by atoms with Crippen molar-refractivity contribution >= 4 is 11.8 Å². The monoisotopic (exact) mass is 329 g/mol. The van der Waals surface area contributed by atoms with E-state index < -0.39 is 0 Å². The van der Waals surface area contributed by atoms with Gasteiger partial charge in [-0.3, -0.25) is 14.6 Å². The van der Waals surface area contributed by atoms with Crippen molar-refractivity contribution in [2.75, 3.05) is 13.1 Å². The lowest BCUT2D eigenvalue weighted by atomic mass is 10.1. The van der Waals surface area contributed by atoms with E-state index in [1.807, 2.05) is 6.07 Å². The Morgan fingerprint density at radius 1 is 1.21 bits per heavy atom. The molecule has 0 spiro atoms. The van der Waals surface area contributed by atoms with Gasteiger partial charge >= 0.3 is 0 Å². The molecule has 1 aromatic carbocycles. The molecule has 0 saturated carbocycles. The van der Waals surface area contributed by atoms with Crippen LogP contribution in [0.3, 0.4) is 0 Å². The molecule has 2 amide bonds. The minimum atomic E-state index is -0.304. The van der Waals surface area contributed by atoms with Gasteiger partial charge in [0.1, 0.15) is 5.82 Å². The number of nitrogens with one attached hydrogen (secondary N) is 1. The van der Waals surface area contributed by atoms with Crippen LogP contribution in [0.2, 0.25) is 0 Å². The summed E-state index contributed by atoms with van der Waals surface area (Å²) in [7, 11) is 0. The molecule has 0 aliphatic heterocycles. The standard InChI is InChI=1S/C18H20FN3O2/c1-14(23)22(10-8-16-6-2-3-7-17(16)19)13-18(24)21-12-15-5-4-9-20-11-15/h2-7,9,11H,8,10,12-13H2,1H3,(H,21,24). The predicted molar refractivity (Wildman–Crippen MR) is 88.4 cm³/mol. The molecule has 1 N–H and O–H groups in total. The third-order valence-electron chi connectivity index (χ3n) is 3.60. The molecule has 0 atom stereocenters. The van der Waals surface area contributed by atoms with E-state index in [-0.39, 0.29) is 30.7 Å². The normalized spacial score (nSPS) is 10.2. The van der Waals surface area contributed by atoms with Gasteiger partial charge in [0.25, 0.3) is 0 Å². The molecule has 126 valence electrons. The molecule has 0 fully saturated rings. The Morgan fingerprint density at radius 2 is 2.00 bits per heavy atom. The van der Waals surface area contributed by atoms with Gasteiger partial charge in [0, 0.05) is 32.4 Å². The molecule has 0 unspecified atom stereocenters. The van der Waals surface area contributed by atoms with E-state index in [1.165, 1.54) is 17.9 Å². The number of hydrogen-bond donors (Lipinski definition) is 1. The Labute approximate surface area is 140 Å². The van der Waals surface area contributed by atoms with Crippen LogP contribution in [0.25, 0.3) is 0 Å². The molecule has 1 aromatic heterocycles. The fourth-order valence-corrected chi connectivity index (χ4v) is 2.24. The molecule has 1 heterocycles. The number of halogens is 1. The SMILES string of the molecule is CC(=O)N(CCc1ccccc1F)CC(=O)NCc1cccnc1. The van der Waals surface area contributed by atoms with Crippen LogP contribution in [-0.4, -0.2) is 34.8 Å². The highest BCUT2D eigenvalue weighted by Gasteiger charge is 2.14. The van der Waals surface area contributed by atoms with Crippen LogP contribution >= 0.6 is 0 Å². The summed E-state index contributed by atoms with van der Waals surface area (Å²) in [5.41, 5.74) is 1.41. The average Bonchev–Trinajstić information content (AvgIpc) is 2.58. The second kappa shape index (κ2) is 8.76. The van der Waals surface area contributed by atoms with E-state index >= 15 is 0 Å². The minimum absolute atomic E-state index is 0.0515. The molecule has 0 bridgehead atoms. The van der Waals surface area contributed by atoms with Crippen molar-refractivity contribution in [2.24, 2.45) is 0 Å². The van der Waals surface area contributed by atoms with Gasteiger partial charge < -0.3 is 10.2 Å². The Morgan fingerprint density at radius 3 is 2.67 bits per heavy atom. The second-order valence-corrected chi connectivity index (χ2v) is 5.42. The van der Waals surface area contributed by atoms with Crippen LogP contribution in [0.15, 0.2) is 48.8 Å². The van der Waals surface area contributed by atoms with Gasteiger partial charge in [-0.15, -0.1) is 0 Å². The Balaban J connectivity index is 1.85. The van der Waals surface area contributed by atoms with E-state index in [1.54, 1.807) is 36.7 Å². The highest BCUT2D eigenvalue weighted by atomic mass is 19.1. The lowest BCUT2D eigenvalue weighted by Crippen LogP contribution is -2.40. The summed E-state index contributed by atoms with van der Waals surface area (Å²) >= 11 is 0. The number of aromatic nitrogens is 1. The van der Waals surface area contributed by atoms with Crippen molar-refractivity contribution in [3.63, 3.8) is 0 Å². The Hall–Kier alpha value is -2.76. The van der Waals surface area contributed by atoms with Crippen molar-refractivity contribution in [3.05, 3.63) is 65.7 Å². The molecule has 0 saturated heterocycles. The second-order valence-electron chi connectivity index (χ2n) is 5.42. The summed E-state index contributed by atoms with van der Waals surface area (Å²) in [5, 5.41) is 2.75. The number of hydrogen-bond acceptors (Lipinski definition) is 3. The number of amides is 2. The van der Waals surface area contributed by atoms with E-state index in [2.05, 4.69) is 10.3 Å². The minimum Gasteiger partial charge on any atom is -0.350 e. The molecule has 0 aliphatic rings. The largest absolute Gasteiger partial charge is 0.350 e. The van der Waals surface area contributed by atoms with Crippen molar-refractivity contribution < 1.29 is 14.0 Å². The van der Waals surface area contributed by atoms with Crippen molar-refractivity contribution in [1.82, 2.24) is 15.2 Å². The van der Waals surface area contributed by atoms with E-state index in [4.69, 9.17) is 0 Å². The fourth-order valence-electron chi connectivity index (χ4n) is 2.24. The number of pyridine rings is 1. The number of nitrogens with zero attached hydrogens (tertiary/aromatic N) is 2. The maximum atomic E-state index is 13.6. The van der Waals surface area contributed by atoms with Gasteiger partial charge in [0.15, 0.2) is 0 Å². The topological polar surface area (TPSA) is 62.3 Å². The van der Waals surface area contributed by atoms with E-state index in [0.717, 1.165) is 5.56 Å². The van der Waals surface area contributed by atoms with Gasteiger partial charge in [-0.05, 0) is 29.7 Å². The quantitative estimate of drug-likeness (QED) is 0.844. The van der Waals surface area contributed by atoms with Gasteiger partial charge in [0.05, 0.1) is 6.54 Å². The predicted octanol–water partition coefficient (Wildman–Crippen LogP) is 1.93. The summed E-state index contributed by atoms with van der Waals surface area (Å²) in [6.07, 6.45) is 3.69. The number of carbonyl (C=O) groups is 2. The smallest absolute Gasteiger partial charge is 0.239 e. The lowest BCUT2D eigenvalue weighted by molar-refractivity contribution is -0.134. The van der Waals surface area contributed by atoms with Crippen molar-refractivity contribution in [3.8, 4) is 0 Å². The third kappa shape index (κ3) is 5.46. The van der Waals surface area contributed by atoms with Crippen LogP contribution in [-0.2, 0) is 22.6 Å². The summed E-state index contributed by atoms with van der Waals surface area (Å²) < 4.78 is 13.6. The van der Waals surface area contributed by atoms with Gasteiger partial charge in [-0.1, -0.05) is 24.3 Å². The highest BCUT2D eigenvalue weighted by Crippen LogP contribution is 2.08. The van der Waals surface area contributed by atoms with Crippen LogP contribution < -0.4 is 5.32 Å². The first-order valence-corrected chi connectivity index (χ1v) is 7.71. The third-order valence-corrected chi connectivity index (χ3v) is 3.60. The summed E-state index contributed by atoms with van der Waals surface area (Å²) in [6, 6.07) is 10.1. The van der Waals surface area contributed by atoms with Gasteiger partial charge in [-0.25, -0.2) is 4.39 Å². The maximum absolute atomic E-state index is 13.6. The number of rotatable bonds is 7. The zero-order valence-electron chi connectivity index (χ0n) is 13.5. The molecular weight excluding hydrogens is 309 g/mol. The molecule has 2 rings (SSSR count). The molecule has 0 aliphatic carbocycles. The summed E-state index contributed by atoms with van der Waals surface area (Å²) in [4.78, 5) is 29.1. The van der Waals surface area contributed by atoms with E-state index in [9.17, 15) is 14.0 Å². The first-order chi connectivity index (χ1) is 11.6. The summed E-state index contributed by atoms with van der Waals surface area (Å²) in [5.74, 6) is -0.785. The van der Waals surface area contributed by atoms with Crippen LogP contribution in [0.1, 0.15) is 18.1 Å². The van der Waals surface area contributed by atoms with Crippen LogP contribution in [0.5, 0.6) is 0 Å². The molecule has 6 heteroatoms. The zero-order valence-corrected chi connectivity index (χ0v) is 13.5. The first kappa shape index (κ1) is 17.6. The Kier molecular flexibility index (Phi) is 6.42. The van der Waals surface area contributed by atoms with Crippen molar-refractivity contribution in [2.45, 2.75) is 19.9 Å². The molecule has 24 heavy (non-hydrogen) atoms. The lowest BCUT2D eigenvalue weighted by Gasteiger charge is -2.20. The first-order valence-electron chi connectivity index (χ1n) is 7.71. The number of benzene rings is 1. The summed E-state index contributed by atoms with van der Waals surface area (Å²) in [6.45, 7) is 1.99. The van der Waals surface area contributed by atoms with E-state index in [0.29, 0.717) is 18.5 Å².